The number of hydrogen-bond acceptors (Lipinski definition) is 6. The van der Waals surface area contributed by atoms with Gasteiger partial charge in [0.15, 0.2) is 11.5 Å². The molecule has 0 saturated carbocycles. The Kier molecular flexibility index (Phi) is 4.00. The lowest BCUT2D eigenvalue weighted by Crippen LogP contribution is -2.25. The van der Waals surface area contributed by atoms with E-state index in [4.69, 9.17) is 9.47 Å². The van der Waals surface area contributed by atoms with E-state index < -0.39 is 6.04 Å². The van der Waals surface area contributed by atoms with Crippen LogP contribution in [0.1, 0.15) is 18.5 Å². The summed E-state index contributed by atoms with van der Waals surface area (Å²) in [5.41, 5.74) is 2.39. The van der Waals surface area contributed by atoms with Gasteiger partial charge < -0.3 is 14.8 Å². The van der Waals surface area contributed by atoms with Crippen LogP contribution in [0.3, 0.4) is 0 Å². The van der Waals surface area contributed by atoms with Crippen molar-refractivity contribution in [3.63, 3.8) is 0 Å². The Labute approximate surface area is 149 Å². The molecular formula is C18H17N5O3. The lowest BCUT2D eigenvalue weighted by atomic mass is 10.1. The molecule has 1 N–H and O–H groups in total. The molecule has 1 amide bonds. The molecule has 0 spiro atoms. The molecule has 2 heterocycles. The van der Waals surface area contributed by atoms with Crippen molar-refractivity contribution in [3.8, 4) is 22.9 Å². The third-order valence-electron chi connectivity index (χ3n) is 4.16. The zero-order valence-electron chi connectivity index (χ0n) is 14.3. The van der Waals surface area contributed by atoms with Gasteiger partial charge in [-0.25, -0.2) is 0 Å². The maximum Gasteiger partial charge on any atom is 0.250 e. The van der Waals surface area contributed by atoms with E-state index >= 15 is 0 Å². The molecule has 26 heavy (non-hydrogen) atoms. The number of hydrogen-bond donors (Lipinski definition) is 1. The van der Waals surface area contributed by atoms with Crippen LogP contribution in [0.5, 0.6) is 11.5 Å². The quantitative estimate of drug-likeness (QED) is 0.777. The van der Waals surface area contributed by atoms with E-state index in [9.17, 15) is 4.79 Å². The summed E-state index contributed by atoms with van der Waals surface area (Å²) in [6.07, 6.45) is 0. The SMILES string of the molecule is Cc1cc2c(cc1NC(=O)C(C)n1nnc(-c3ccccc3)n1)OCO2. The van der Waals surface area contributed by atoms with Gasteiger partial charge in [0.25, 0.3) is 5.91 Å². The predicted octanol–water partition coefficient (Wildman–Crippen LogP) is 2.58. The largest absolute Gasteiger partial charge is 0.454 e. The van der Waals surface area contributed by atoms with Crippen LogP contribution in [-0.2, 0) is 4.79 Å². The van der Waals surface area contributed by atoms with Gasteiger partial charge in [-0.3, -0.25) is 4.79 Å². The minimum Gasteiger partial charge on any atom is -0.454 e. The van der Waals surface area contributed by atoms with Crippen molar-refractivity contribution >= 4 is 11.6 Å². The Bertz CT molecular complexity index is 955. The number of nitrogens with zero attached hydrogens (tertiary/aromatic N) is 4. The normalized spacial score (nSPS) is 13.5. The predicted molar refractivity (Wildman–Crippen MR) is 93.9 cm³/mol. The minimum absolute atomic E-state index is 0.188. The highest BCUT2D eigenvalue weighted by Gasteiger charge is 2.21. The summed E-state index contributed by atoms with van der Waals surface area (Å²) in [6.45, 7) is 3.80. The van der Waals surface area contributed by atoms with Crippen molar-refractivity contribution in [2.45, 2.75) is 19.9 Å². The molecule has 3 aromatic rings. The van der Waals surface area contributed by atoms with E-state index in [2.05, 4.69) is 20.7 Å². The van der Waals surface area contributed by atoms with Gasteiger partial charge in [0.1, 0.15) is 6.04 Å². The van der Waals surface area contributed by atoms with Crippen LogP contribution in [-0.4, -0.2) is 32.9 Å². The van der Waals surface area contributed by atoms with Gasteiger partial charge in [0, 0.05) is 17.3 Å². The van der Waals surface area contributed by atoms with Crippen LogP contribution in [0.25, 0.3) is 11.4 Å². The molecule has 1 unspecified atom stereocenters. The topological polar surface area (TPSA) is 91.2 Å². The number of aryl methyl sites for hydroxylation is 1. The Hall–Kier alpha value is -3.42. The van der Waals surface area contributed by atoms with Crippen LogP contribution < -0.4 is 14.8 Å². The standard InChI is InChI=1S/C18H17N5O3/c1-11-8-15-16(26-10-25-15)9-14(11)19-18(24)12(2)23-21-17(20-22-23)13-6-4-3-5-7-13/h3-9,12H,10H2,1-2H3,(H,19,24). The molecule has 0 saturated heterocycles. The van der Waals surface area contributed by atoms with Crippen molar-refractivity contribution in [1.82, 2.24) is 20.2 Å². The second-order valence-corrected chi connectivity index (χ2v) is 5.99. The van der Waals surface area contributed by atoms with E-state index in [0.29, 0.717) is 23.0 Å². The monoisotopic (exact) mass is 351 g/mol. The van der Waals surface area contributed by atoms with Crippen LogP contribution >= 0.6 is 0 Å². The Morgan fingerprint density at radius 2 is 1.92 bits per heavy atom. The molecule has 8 heteroatoms. The molecule has 0 aliphatic carbocycles. The van der Waals surface area contributed by atoms with Gasteiger partial charge in [0.05, 0.1) is 0 Å². The van der Waals surface area contributed by atoms with Crippen molar-refractivity contribution < 1.29 is 14.3 Å². The molecule has 1 aliphatic heterocycles. The van der Waals surface area contributed by atoms with E-state index in [1.165, 1.54) is 4.80 Å². The second kappa shape index (κ2) is 6.47. The van der Waals surface area contributed by atoms with Crippen molar-refractivity contribution in [2.24, 2.45) is 0 Å². The average Bonchev–Trinajstić information content (AvgIpc) is 3.31. The summed E-state index contributed by atoms with van der Waals surface area (Å²) in [7, 11) is 0. The number of benzene rings is 2. The zero-order valence-corrected chi connectivity index (χ0v) is 14.3. The molecule has 0 bridgehead atoms. The van der Waals surface area contributed by atoms with Crippen molar-refractivity contribution in [3.05, 3.63) is 48.0 Å². The minimum atomic E-state index is -0.621. The molecule has 1 aromatic heterocycles. The number of amides is 1. The third-order valence-corrected chi connectivity index (χ3v) is 4.16. The van der Waals surface area contributed by atoms with E-state index in [1.807, 2.05) is 43.3 Å². The highest BCUT2D eigenvalue weighted by Crippen LogP contribution is 2.36. The average molecular weight is 351 g/mol. The summed E-state index contributed by atoms with van der Waals surface area (Å²) in [6, 6.07) is 12.5. The number of fused-ring (bicyclic) bond motifs is 1. The van der Waals surface area contributed by atoms with Crippen molar-refractivity contribution in [1.29, 1.82) is 0 Å². The van der Waals surface area contributed by atoms with Gasteiger partial charge in [-0.05, 0) is 30.7 Å². The molecule has 132 valence electrons. The first-order valence-electron chi connectivity index (χ1n) is 8.18. The van der Waals surface area contributed by atoms with Crippen molar-refractivity contribution in [2.75, 3.05) is 12.1 Å². The first kappa shape index (κ1) is 16.1. The van der Waals surface area contributed by atoms with Gasteiger partial charge in [-0.1, -0.05) is 30.3 Å². The zero-order chi connectivity index (χ0) is 18.1. The Balaban J connectivity index is 1.51. The summed E-state index contributed by atoms with van der Waals surface area (Å²) >= 11 is 0. The second-order valence-electron chi connectivity index (χ2n) is 5.99. The number of anilines is 1. The van der Waals surface area contributed by atoms with Crippen LogP contribution in [0.4, 0.5) is 5.69 Å². The van der Waals surface area contributed by atoms with Gasteiger partial charge in [-0.2, -0.15) is 4.80 Å². The van der Waals surface area contributed by atoms with Crippen LogP contribution in [0.2, 0.25) is 0 Å². The number of tetrazole rings is 1. The van der Waals surface area contributed by atoms with E-state index in [0.717, 1.165) is 11.1 Å². The number of rotatable bonds is 4. The molecule has 0 fully saturated rings. The number of carbonyl (C=O) groups is 1. The summed E-state index contributed by atoms with van der Waals surface area (Å²) in [5, 5.41) is 15.2. The number of aromatic nitrogens is 4. The van der Waals surface area contributed by atoms with Crippen LogP contribution in [0.15, 0.2) is 42.5 Å². The summed E-state index contributed by atoms with van der Waals surface area (Å²) < 4.78 is 10.7. The lowest BCUT2D eigenvalue weighted by molar-refractivity contribution is -0.119. The van der Waals surface area contributed by atoms with E-state index in [-0.39, 0.29) is 12.7 Å². The third kappa shape index (κ3) is 2.97. The summed E-state index contributed by atoms with van der Waals surface area (Å²) in [4.78, 5) is 13.9. The number of carbonyl (C=O) groups excluding carboxylic acids is 1. The lowest BCUT2D eigenvalue weighted by Gasteiger charge is -2.13. The maximum atomic E-state index is 12.6. The smallest absolute Gasteiger partial charge is 0.250 e. The molecular weight excluding hydrogens is 334 g/mol. The highest BCUT2D eigenvalue weighted by atomic mass is 16.7. The Morgan fingerprint density at radius 1 is 1.19 bits per heavy atom. The highest BCUT2D eigenvalue weighted by molar-refractivity contribution is 5.94. The van der Waals surface area contributed by atoms with Gasteiger partial charge in [-0.15, -0.1) is 10.2 Å². The Morgan fingerprint density at radius 3 is 2.69 bits per heavy atom. The van der Waals surface area contributed by atoms with E-state index in [1.54, 1.807) is 13.0 Å². The fourth-order valence-corrected chi connectivity index (χ4v) is 2.61. The first-order valence-corrected chi connectivity index (χ1v) is 8.18. The fraction of sp³-hybridized carbons (Fsp3) is 0.222. The maximum absolute atomic E-state index is 12.6. The van der Waals surface area contributed by atoms with Gasteiger partial charge >= 0.3 is 0 Å². The molecule has 1 atom stereocenters. The first-order chi connectivity index (χ1) is 12.6. The molecule has 8 nitrogen and oxygen atoms in total. The molecule has 2 aromatic carbocycles. The number of ether oxygens (including phenoxy) is 2. The number of nitrogens with one attached hydrogen (secondary N) is 1. The summed E-state index contributed by atoms with van der Waals surface area (Å²) in [5.74, 6) is 1.52. The molecule has 1 aliphatic rings. The fourth-order valence-electron chi connectivity index (χ4n) is 2.61. The molecule has 4 rings (SSSR count). The van der Waals surface area contributed by atoms with Gasteiger partial charge in [0.2, 0.25) is 12.6 Å². The van der Waals surface area contributed by atoms with Crippen LogP contribution in [0, 0.1) is 6.92 Å². The molecule has 0 radical (unpaired) electrons.